The van der Waals surface area contributed by atoms with E-state index < -0.39 is 0 Å². The number of amides is 1. The summed E-state index contributed by atoms with van der Waals surface area (Å²) in [6, 6.07) is 6.22. The Hall–Kier alpha value is -0.810. The smallest absolute Gasteiger partial charge is 0.227 e. The number of benzene rings is 1. The first kappa shape index (κ1) is 19.0. The average molecular weight is 384 g/mol. The second-order valence-electron chi connectivity index (χ2n) is 6.96. The van der Waals surface area contributed by atoms with E-state index in [1.807, 2.05) is 6.07 Å². The Morgan fingerprint density at radius 2 is 1.92 bits per heavy atom. The molecule has 1 amide bonds. The molecule has 6 heteroatoms. The van der Waals surface area contributed by atoms with Gasteiger partial charge in [0.25, 0.3) is 0 Å². The van der Waals surface area contributed by atoms with E-state index in [-0.39, 0.29) is 11.9 Å². The second kappa shape index (κ2) is 8.26. The Bertz CT molecular complexity index is 621. The molecule has 3 atom stereocenters. The number of piperidine rings is 1. The van der Waals surface area contributed by atoms with Crippen molar-refractivity contribution in [1.29, 1.82) is 0 Å². The molecule has 1 aromatic rings. The normalized spacial score (nSPS) is 26.1. The van der Waals surface area contributed by atoms with Crippen molar-refractivity contribution < 1.29 is 4.79 Å². The Kier molecular flexibility index (Phi) is 6.26. The molecule has 2 bridgehead atoms. The van der Waals surface area contributed by atoms with Crippen LogP contribution in [0.1, 0.15) is 25.8 Å². The first-order chi connectivity index (χ1) is 12.0. The van der Waals surface area contributed by atoms with Gasteiger partial charge in [-0.1, -0.05) is 43.1 Å². The molecule has 2 aliphatic rings. The quantitative estimate of drug-likeness (QED) is 0.780. The first-order valence-electron chi connectivity index (χ1n) is 9.23. The molecule has 25 heavy (non-hydrogen) atoms. The number of carbonyl (C=O) groups excluding carboxylic acids is 1. The fourth-order valence-electron chi connectivity index (χ4n) is 4.26. The SMILES string of the molecule is CCN(CC)[C@@H]1CCN2CCN(C(=O)Cc3ccc(Cl)c(Cl)c3)[C@H]1C2. The third-order valence-corrected chi connectivity index (χ3v) is 6.37. The molecule has 0 spiro atoms. The van der Waals surface area contributed by atoms with Crippen molar-refractivity contribution in [3.63, 3.8) is 0 Å². The summed E-state index contributed by atoms with van der Waals surface area (Å²) < 4.78 is 0. The molecule has 4 nitrogen and oxygen atoms in total. The van der Waals surface area contributed by atoms with Crippen LogP contribution < -0.4 is 0 Å². The van der Waals surface area contributed by atoms with E-state index in [9.17, 15) is 4.79 Å². The van der Waals surface area contributed by atoms with Crippen molar-refractivity contribution in [3.8, 4) is 0 Å². The van der Waals surface area contributed by atoms with Crippen molar-refractivity contribution in [1.82, 2.24) is 14.7 Å². The van der Waals surface area contributed by atoms with Gasteiger partial charge < -0.3 is 4.90 Å². The summed E-state index contributed by atoms with van der Waals surface area (Å²) >= 11 is 12.1. The summed E-state index contributed by atoms with van der Waals surface area (Å²) in [5.41, 5.74) is 0.928. The largest absolute Gasteiger partial charge is 0.335 e. The van der Waals surface area contributed by atoms with Gasteiger partial charge in [-0.3, -0.25) is 14.6 Å². The van der Waals surface area contributed by atoms with Gasteiger partial charge >= 0.3 is 0 Å². The number of likely N-dealkylation sites (N-methyl/N-ethyl adjacent to an activating group) is 1. The number of halogens is 2. The summed E-state index contributed by atoms with van der Waals surface area (Å²) in [6.45, 7) is 10.4. The van der Waals surface area contributed by atoms with E-state index >= 15 is 0 Å². The predicted molar refractivity (Wildman–Crippen MR) is 103 cm³/mol. The van der Waals surface area contributed by atoms with Crippen LogP contribution in [0.15, 0.2) is 18.2 Å². The molecule has 2 saturated heterocycles. The number of carbonyl (C=O) groups is 1. The number of fused-ring (bicyclic) bond motifs is 2. The van der Waals surface area contributed by atoms with Crippen LogP contribution in [-0.4, -0.2) is 72.0 Å². The highest BCUT2D eigenvalue weighted by Gasteiger charge is 2.40. The Morgan fingerprint density at radius 1 is 1.16 bits per heavy atom. The van der Waals surface area contributed by atoms with Crippen LogP contribution in [-0.2, 0) is 11.2 Å². The Labute approximate surface area is 160 Å². The van der Waals surface area contributed by atoms with Crippen molar-refractivity contribution in [3.05, 3.63) is 33.8 Å². The van der Waals surface area contributed by atoms with Gasteiger partial charge in [0, 0.05) is 25.7 Å². The van der Waals surface area contributed by atoms with Crippen molar-refractivity contribution >= 4 is 29.1 Å². The van der Waals surface area contributed by atoms with E-state index in [0.29, 0.717) is 22.5 Å². The van der Waals surface area contributed by atoms with Gasteiger partial charge in [0.05, 0.1) is 22.5 Å². The number of piperazine rings is 1. The van der Waals surface area contributed by atoms with Crippen LogP contribution in [0.5, 0.6) is 0 Å². The third kappa shape index (κ3) is 4.13. The minimum atomic E-state index is 0.196. The summed E-state index contributed by atoms with van der Waals surface area (Å²) in [5.74, 6) is 0.196. The zero-order valence-corrected chi connectivity index (χ0v) is 16.6. The topological polar surface area (TPSA) is 26.8 Å². The molecule has 0 aliphatic carbocycles. The van der Waals surface area contributed by atoms with Crippen LogP contribution in [0.3, 0.4) is 0 Å². The lowest BCUT2D eigenvalue weighted by molar-refractivity contribution is -0.140. The number of rotatable bonds is 5. The van der Waals surface area contributed by atoms with Gasteiger partial charge in [0.15, 0.2) is 0 Å². The molecule has 0 radical (unpaired) electrons. The zero-order chi connectivity index (χ0) is 18.0. The molecule has 2 fully saturated rings. The number of hydrogen-bond acceptors (Lipinski definition) is 3. The molecule has 2 aliphatic heterocycles. The standard InChI is InChI=1S/C19H27Cl2N3O/c1-3-23(4-2)17-7-8-22-9-10-24(18(17)13-22)19(25)12-14-5-6-15(20)16(21)11-14/h5-6,11,17-18H,3-4,7-10,12-13H2,1-2H3/t17-,18+/m1/s1. The molecule has 0 saturated carbocycles. The van der Waals surface area contributed by atoms with Crippen molar-refractivity contribution in [2.45, 2.75) is 38.8 Å². The number of nitrogens with zero attached hydrogens (tertiary/aromatic N) is 3. The van der Waals surface area contributed by atoms with Crippen LogP contribution in [0.2, 0.25) is 10.0 Å². The first-order valence-corrected chi connectivity index (χ1v) is 9.98. The predicted octanol–water partition coefficient (Wildman–Crippen LogP) is 3.16. The van der Waals surface area contributed by atoms with E-state index in [1.165, 1.54) is 0 Å². The second-order valence-corrected chi connectivity index (χ2v) is 7.77. The molecule has 1 unspecified atom stereocenters. The van der Waals surface area contributed by atoms with Gasteiger partial charge in [-0.15, -0.1) is 0 Å². The summed E-state index contributed by atoms with van der Waals surface area (Å²) in [6.07, 6.45) is 1.53. The Balaban J connectivity index is 1.74. The maximum absolute atomic E-state index is 13.0. The average Bonchev–Trinajstić information content (AvgIpc) is 2.61. The summed E-state index contributed by atoms with van der Waals surface area (Å²) in [4.78, 5) is 20.1. The molecular formula is C19H27Cl2N3O. The maximum Gasteiger partial charge on any atom is 0.227 e. The van der Waals surface area contributed by atoms with Crippen molar-refractivity contribution in [2.24, 2.45) is 0 Å². The van der Waals surface area contributed by atoms with E-state index in [0.717, 1.165) is 51.3 Å². The molecule has 1 aromatic carbocycles. The van der Waals surface area contributed by atoms with Crippen molar-refractivity contribution in [2.75, 3.05) is 39.3 Å². The van der Waals surface area contributed by atoms with Gasteiger partial charge in [-0.2, -0.15) is 0 Å². The van der Waals surface area contributed by atoms with E-state index in [2.05, 4.69) is 28.5 Å². The van der Waals surface area contributed by atoms with Crippen LogP contribution in [0.25, 0.3) is 0 Å². The lowest BCUT2D eigenvalue weighted by Crippen LogP contribution is -2.66. The lowest BCUT2D eigenvalue weighted by Gasteiger charge is -2.51. The fraction of sp³-hybridized carbons (Fsp3) is 0.632. The minimum Gasteiger partial charge on any atom is -0.335 e. The molecule has 0 N–H and O–H groups in total. The molecule has 2 heterocycles. The van der Waals surface area contributed by atoms with Gasteiger partial charge in [0.2, 0.25) is 5.91 Å². The Morgan fingerprint density at radius 3 is 2.60 bits per heavy atom. The van der Waals surface area contributed by atoms with Gasteiger partial charge in [0.1, 0.15) is 0 Å². The maximum atomic E-state index is 13.0. The number of hydrogen-bond donors (Lipinski definition) is 0. The molecule has 138 valence electrons. The molecular weight excluding hydrogens is 357 g/mol. The highest BCUT2D eigenvalue weighted by molar-refractivity contribution is 6.42. The van der Waals surface area contributed by atoms with Gasteiger partial charge in [-0.05, 0) is 43.8 Å². The third-order valence-electron chi connectivity index (χ3n) is 5.63. The van der Waals surface area contributed by atoms with E-state index in [1.54, 1.807) is 12.1 Å². The van der Waals surface area contributed by atoms with E-state index in [4.69, 9.17) is 23.2 Å². The monoisotopic (exact) mass is 383 g/mol. The molecule has 3 rings (SSSR count). The highest BCUT2D eigenvalue weighted by Crippen LogP contribution is 2.27. The fourth-order valence-corrected chi connectivity index (χ4v) is 4.58. The van der Waals surface area contributed by atoms with Crippen LogP contribution in [0.4, 0.5) is 0 Å². The van der Waals surface area contributed by atoms with Crippen LogP contribution >= 0.6 is 23.2 Å². The molecule has 0 aromatic heterocycles. The lowest BCUT2D eigenvalue weighted by atomic mass is 9.93. The highest BCUT2D eigenvalue weighted by atomic mass is 35.5. The minimum absolute atomic E-state index is 0.196. The summed E-state index contributed by atoms with van der Waals surface area (Å²) in [7, 11) is 0. The van der Waals surface area contributed by atoms with Gasteiger partial charge in [-0.25, -0.2) is 0 Å². The summed E-state index contributed by atoms with van der Waals surface area (Å²) in [5, 5.41) is 1.04. The zero-order valence-electron chi connectivity index (χ0n) is 15.0. The van der Waals surface area contributed by atoms with Crippen LogP contribution in [0, 0.1) is 0 Å².